The Bertz CT molecular complexity index is 285. The first-order chi connectivity index (χ1) is 4.47. The summed E-state index contributed by atoms with van der Waals surface area (Å²) in [6.45, 7) is 0. The molecule has 0 saturated carbocycles. The van der Waals surface area contributed by atoms with Crippen LogP contribution in [0.1, 0.15) is 0 Å². The highest BCUT2D eigenvalue weighted by atomic mass is 16.3. The first-order valence-electron chi connectivity index (χ1n) is 2.52. The van der Waals surface area contributed by atoms with Gasteiger partial charge in [0.2, 0.25) is 0 Å². The predicted molar refractivity (Wildman–Crippen MR) is 30.6 cm³/mol. The molecule has 0 aromatic carbocycles. The summed E-state index contributed by atoms with van der Waals surface area (Å²) in [7, 11) is 0. The maximum absolute atomic E-state index is 4.91. The largest absolute Gasteiger partial charge is 0.442 e. The first kappa shape index (κ1) is 4.49. The summed E-state index contributed by atoms with van der Waals surface area (Å²) in [5, 5.41) is 0. The van der Waals surface area contributed by atoms with E-state index in [1.807, 2.05) is 0 Å². The second-order valence-corrected chi connectivity index (χ2v) is 1.62. The molecule has 0 saturated heterocycles. The number of rotatable bonds is 0. The Morgan fingerprint density at radius 3 is 3.44 bits per heavy atom. The molecule has 2 heterocycles. The minimum Gasteiger partial charge on any atom is -0.442 e. The van der Waals surface area contributed by atoms with Crippen molar-refractivity contribution in [1.82, 2.24) is 9.97 Å². The zero-order valence-electron chi connectivity index (χ0n) is 4.53. The Labute approximate surface area is 51.3 Å². The van der Waals surface area contributed by atoms with Gasteiger partial charge >= 0.3 is 0 Å². The van der Waals surface area contributed by atoms with E-state index in [1.54, 1.807) is 12.4 Å². The van der Waals surface area contributed by atoms with Crippen LogP contribution in [0.15, 0.2) is 23.2 Å². The molecule has 2 aromatic rings. The summed E-state index contributed by atoms with van der Waals surface area (Å²) >= 11 is 0. The van der Waals surface area contributed by atoms with E-state index in [4.69, 9.17) is 4.42 Å². The Hall–Kier alpha value is -1.38. The number of pyridine rings is 1. The van der Waals surface area contributed by atoms with E-state index in [0.29, 0.717) is 5.58 Å². The molecule has 3 heteroatoms. The van der Waals surface area contributed by atoms with Crippen LogP contribution >= 0.6 is 0 Å². The number of fused-ring (bicyclic) bond motifs is 1. The van der Waals surface area contributed by atoms with Crippen LogP contribution in [0.25, 0.3) is 11.1 Å². The maximum atomic E-state index is 4.91. The lowest BCUT2D eigenvalue weighted by Gasteiger charge is -1.78. The molecule has 0 aliphatic carbocycles. The van der Waals surface area contributed by atoms with Gasteiger partial charge in [-0.2, -0.15) is 0 Å². The van der Waals surface area contributed by atoms with Crippen molar-refractivity contribution >= 4 is 11.1 Å². The molecule has 0 N–H and O–H groups in total. The zero-order chi connectivity index (χ0) is 6.10. The summed E-state index contributed by atoms with van der Waals surface area (Å²) < 4.78 is 4.91. The summed E-state index contributed by atoms with van der Waals surface area (Å²) in [4.78, 5) is 7.65. The van der Waals surface area contributed by atoms with Crippen LogP contribution in [0, 0.1) is 6.07 Å². The number of oxazole rings is 1. The van der Waals surface area contributed by atoms with Gasteiger partial charge in [-0.3, -0.25) is 4.98 Å². The molecular formula is C6H3N2O. The summed E-state index contributed by atoms with van der Waals surface area (Å²) in [6.07, 6.45) is 4.55. The van der Waals surface area contributed by atoms with Gasteiger partial charge in [-0.05, 0) is 0 Å². The maximum Gasteiger partial charge on any atom is 0.182 e. The lowest BCUT2D eigenvalue weighted by atomic mass is 10.4. The van der Waals surface area contributed by atoms with Crippen molar-refractivity contribution in [3.8, 4) is 0 Å². The van der Waals surface area contributed by atoms with Crippen molar-refractivity contribution in [3.63, 3.8) is 0 Å². The SMILES string of the molecule is [c]1cncc2ocnc12. The predicted octanol–water partition coefficient (Wildman–Crippen LogP) is 1.02. The van der Waals surface area contributed by atoms with Gasteiger partial charge in [-0.25, -0.2) is 4.98 Å². The second kappa shape index (κ2) is 1.55. The fraction of sp³-hybridized carbons (Fsp3) is 0. The Morgan fingerprint density at radius 1 is 1.56 bits per heavy atom. The number of aromatic nitrogens is 2. The highest BCUT2D eigenvalue weighted by molar-refractivity contribution is 5.69. The van der Waals surface area contributed by atoms with Crippen molar-refractivity contribution in [3.05, 3.63) is 24.9 Å². The second-order valence-electron chi connectivity index (χ2n) is 1.62. The third kappa shape index (κ3) is 0.579. The first-order valence-corrected chi connectivity index (χ1v) is 2.52. The van der Waals surface area contributed by atoms with Crippen LogP contribution in [0.4, 0.5) is 0 Å². The quantitative estimate of drug-likeness (QED) is 0.519. The molecule has 0 spiro atoms. The molecule has 0 unspecified atom stereocenters. The minimum absolute atomic E-state index is 0.678. The van der Waals surface area contributed by atoms with Gasteiger partial charge < -0.3 is 4.42 Å². The van der Waals surface area contributed by atoms with E-state index in [0.717, 1.165) is 5.52 Å². The minimum atomic E-state index is 0.678. The third-order valence-corrected chi connectivity index (χ3v) is 1.06. The van der Waals surface area contributed by atoms with E-state index >= 15 is 0 Å². The van der Waals surface area contributed by atoms with Crippen molar-refractivity contribution in [2.45, 2.75) is 0 Å². The smallest absolute Gasteiger partial charge is 0.182 e. The molecule has 2 aromatic heterocycles. The molecule has 0 amide bonds. The van der Waals surface area contributed by atoms with E-state index < -0.39 is 0 Å². The molecule has 3 nitrogen and oxygen atoms in total. The van der Waals surface area contributed by atoms with Crippen molar-refractivity contribution in [2.24, 2.45) is 0 Å². The molecule has 9 heavy (non-hydrogen) atoms. The Balaban J connectivity index is 2.95. The topological polar surface area (TPSA) is 38.9 Å². The van der Waals surface area contributed by atoms with Crippen molar-refractivity contribution < 1.29 is 4.42 Å². The summed E-state index contributed by atoms with van der Waals surface area (Å²) in [5.74, 6) is 0. The fourth-order valence-corrected chi connectivity index (χ4v) is 0.659. The molecule has 43 valence electrons. The molecule has 0 aliphatic heterocycles. The molecule has 0 aliphatic rings. The van der Waals surface area contributed by atoms with Gasteiger partial charge in [-0.15, -0.1) is 0 Å². The standard InChI is InChI=1S/C6H3N2O/c1-2-7-3-6-5(1)8-4-9-6/h2-4H. The van der Waals surface area contributed by atoms with Gasteiger partial charge in [0.1, 0.15) is 5.52 Å². The molecular weight excluding hydrogens is 116 g/mol. The molecule has 0 atom stereocenters. The normalized spacial score (nSPS) is 10.2. The van der Waals surface area contributed by atoms with E-state index in [1.165, 1.54) is 6.39 Å². The molecule has 0 bridgehead atoms. The zero-order valence-corrected chi connectivity index (χ0v) is 4.53. The van der Waals surface area contributed by atoms with Gasteiger partial charge in [0.05, 0.1) is 6.20 Å². The van der Waals surface area contributed by atoms with Crippen LogP contribution in [0.5, 0.6) is 0 Å². The number of hydrogen-bond acceptors (Lipinski definition) is 3. The van der Waals surface area contributed by atoms with Gasteiger partial charge in [0.25, 0.3) is 0 Å². The highest BCUT2D eigenvalue weighted by Gasteiger charge is 1.93. The lowest BCUT2D eigenvalue weighted by molar-refractivity contribution is 0.601. The average molecular weight is 119 g/mol. The van der Waals surface area contributed by atoms with E-state index in [2.05, 4.69) is 16.0 Å². The molecule has 0 fully saturated rings. The van der Waals surface area contributed by atoms with Gasteiger partial charge in [0.15, 0.2) is 12.0 Å². The van der Waals surface area contributed by atoms with Crippen LogP contribution in [0.2, 0.25) is 0 Å². The van der Waals surface area contributed by atoms with E-state index in [9.17, 15) is 0 Å². The Morgan fingerprint density at radius 2 is 2.56 bits per heavy atom. The fourth-order valence-electron chi connectivity index (χ4n) is 0.659. The van der Waals surface area contributed by atoms with Gasteiger partial charge in [-0.1, -0.05) is 0 Å². The highest BCUT2D eigenvalue weighted by Crippen LogP contribution is 2.06. The van der Waals surface area contributed by atoms with Crippen LogP contribution in [0.3, 0.4) is 0 Å². The third-order valence-electron chi connectivity index (χ3n) is 1.06. The van der Waals surface area contributed by atoms with Gasteiger partial charge in [0, 0.05) is 12.3 Å². The summed E-state index contributed by atoms with van der Waals surface area (Å²) in [6, 6.07) is 2.81. The summed E-state index contributed by atoms with van der Waals surface area (Å²) in [5.41, 5.74) is 1.41. The average Bonchev–Trinajstić information content (AvgIpc) is 2.33. The Kier molecular flexibility index (Phi) is 0.773. The number of nitrogens with zero attached hydrogens (tertiary/aromatic N) is 2. The monoisotopic (exact) mass is 119 g/mol. The van der Waals surface area contributed by atoms with Crippen molar-refractivity contribution in [2.75, 3.05) is 0 Å². The van der Waals surface area contributed by atoms with Crippen LogP contribution in [-0.2, 0) is 0 Å². The van der Waals surface area contributed by atoms with Crippen LogP contribution in [-0.4, -0.2) is 9.97 Å². The van der Waals surface area contributed by atoms with Crippen LogP contribution < -0.4 is 0 Å². The number of hydrogen-bond donors (Lipinski definition) is 0. The van der Waals surface area contributed by atoms with E-state index in [-0.39, 0.29) is 0 Å². The molecule has 1 radical (unpaired) electrons. The van der Waals surface area contributed by atoms with Crippen molar-refractivity contribution in [1.29, 1.82) is 0 Å². The lowest BCUT2D eigenvalue weighted by Crippen LogP contribution is -1.68. The molecule has 2 rings (SSSR count).